The number of ketones is 2. The molecular weight excluding hydrogens is 352 g/mol. The van der Waals surface area contributed by atoms with Crippen molar-refractivity contribution in [2.75, 3.05) is 32.9 Å². The number of nitrogens with zero attached hydrogens (tertiary/aromatic N) is 2. The zero-order chi connectivity index (χ0) is 19.0. The van der Waals surface area contributed by atoms with E-state index >= 15 is 0 Å². The van der Waals surface area contributed by atoms with Crippen molar-refractivity contribution in [3.8, 4) is 5.88 Å². The number of aliphatic hydroxyl groups is 1. The summed E-state index contributed by atoms with van der Waals surface area (Å²) < 4.78 is 16.6. The van der Waals surface area contributed by atoms with E-state index in [0.29, 0.717) is 45.1 Å². The highest BCUT2D eigenvalue weighted by Crippen LogP contribution is 2.50. The average Bonchev–Trinajstić information content (AvgIpc) is 3.09. The highest BCUT2D eigenvalue weighted by molar-refractivity contribution is 6.23. The molecule has 146 valence electrons. The number of carbonyl (C=O) groups excluding carboxylic acids is 2. The van der Waals surface area contributed by atoms with Crippen LogP contribution < -0.4 is 4.74 Å². The summed E-state index contributed by atoms with van der Waals surface area (Å²) >= 11 is 0. The fraction of sp³-hybridized carbons (Fsp3) is 0.632. The summed E-state index contributed by atoms with van der Waals surface area (Å²) in [6.45, 7) is 4.75. The molecule has 1 fully saturated rings. The van der Waals surface area contributed by atoms with Crippen LogP contribution >= 0.6 is 0 Å². The Labute approximate surface area is 157 Å². The molecule has 1 aromatic rings. The van der Waals surface area contributed by atoms with E-state index < -0.39 is 29.1 Å². The van der Waals surface area contributed by atoms with Crippen LogP contribution in [0.5, 0.6) is 5.88 Å². The average molecular weight is 376 g/mol. The number of rotatable bonds is 5. The molecule has 0 amide bonds. The van der Waals surface area contributed by atoms with Gasteiger partial charge >= 0.3 is 0 Å². The molecule has 0 radical (unpaired) electrons. The summed E-state index contributed by atoms with van der Waals surface area (Å²) in [5, 5.41) is 15.2. The molecule has 1 aromatic heterocycles. The molecule has 0 saturated carbocycles. The van der Waals surface area contributed by atoms with Crippen LogP contribution in [0.4, 0.5) is 0 Å². The minimum atomic E-state index is -2.11. The first-order chi connectivity index (χ1) is 13.1. The lowest BCUT2D eigenvalue weighted by molar-refractivity contribution is -0.139. The summed E-state index contributed by atoms with van der Waals surface area (Å²) in [6.07, 6.45) is 5.14. The van der Waals surface area contributed by atoms with Crippen LogP contribution in [0, 0.1) is 5.92 Å². The van der Waals surface area contributed by atoms with Crippen LogP contribution in [-0.2, 0) is 9.53 Å². The number of hydrogen-bond donors (Lipinski definition) is 1. The van der Waals surface area contributed by atoms with Crippen LogP contribution in [0.25, 0.3) is 0 Å². The monoisotopic (exact) mass is 376 g/mol. The van der Waals surface area contributed by atoms with Crippen molar-refractivity contribution >= 4 is 11.6 Å². The third-order valence-corrected chi connectivity index (χ3v) is 5.66. The van der Waals surface area contributed by atoms with Crippen molar-refractivity contribution in [2.45, 2.75) is 37.8 Å². The first kappa shape index (κ1) is 18.3. The quantitative estimate of drug-likeness (QED) is 0.606. The van der Waals surface area contributed by atoms with Gasteiger partial charge in [0, 0.05) is 19.0 Å². The smallest absolute Gasteiger partial charge is 0.265 e. The summed E-state index contributed by atoms with van der Waals surface area (Å²) in [5.74, 6) is -1.44. The van der Waals surface area contributed by atoms with Crippen LogP contribution in [0.3, 0.4) is 0 Å². The zero-order valence-corrected chi connectivity index (χ0v) is 15.3. The van der Waals surface area contributed by atoms with Gasteiger partial charge in [-0.1, -0.05) is 19.4 Å². The number of fused-ring (bicyclic) bond motifs is 2. The lowest BCUT2D eigenvalue weighted by Crippen LogP contribution is -2.61. The Bertz CT molecular complexity index is 766. The third-order valence-electron chi connectivity index (χ3n) is 5.66. The van der Waals surface area contributed by atoms with Gasteiger partial charge in [-0.15, -0.1) is 0 Å². The van der Waals surface area contributed by atoms with Crippen molar-refractivity contribution in [1.82, 2.24) is 10.1 Å². The Morgan fingerprint density at radius 3 is 2.89 bits per heavy atom. The third kappa shape index (κ3) is 2.83. The zero-order valence-electron chi connectivity index (χ0n) is 15.3. The number of aromatic nitrogens is 1. The molecular formula is C19H24N2O6. The standard InChI is InChI=1S/C19H24N2O6/c1-2-3-9-26-18-14-16(27-20-18)15(21-7-10-25-11-8-21)12-5-4-6-13(22)19(12,24)17(14)23/h4,6,12,15,24H,2-3,5,7-11H2,1H3/t12?,15-,19+/m0/s1. The second-order valence-electron chi connectivity index (χ2n) is 7.23. The fourth-order valence-electron chi connectivity index (χ4n) is 4.20. The normalized spacial score (nSPS) is 30.9. The molecule has 27 heavy (non-hydrogen) atoms. The van der Waals surface area contributed by atoms with E-state index in [1.807, 2.05) is 6.92 Å². The molecule has 0 spiro atoms. The second kappa shape index (κ2) is 7.18. The molecule has 3 aliphatic rings. The molecule has 1 unspecified atom stereocenters. The minimum absolute atomic E-state index is 0.0657. The summed E-state index contributed by atoms with van der Waals surface area (Å²) in [6, 6.07) is -0.434. The summed E-state index contributed by atoms with van der Waals surface area (Å²) in [4.78, 5) is 27.9. The second-order valence-corrected chi connectivity index (χ2v) is 7.23. The van der Waals surface area contributed by atoms with E-state index in [0.717, 1.165) is 12.8 Å². The molecule has 0 bridgehead atoms. The molecule has 8 heteroatoms. The first-order valence-corrected chi connectivity index (χ1v) is 9.51. The molecule has 8 nitrogen and oxygen atoms in total. The van der Waals surface area contributed by atoms with Crippen LogP contribution in [-0.4, -0.2) is 65.2 Å². The molecule has 4 rings (SSSR count). The lowest BCUT2D eigenvalue weighted by Gasteiger charge is -2.46. The SMILES string of the molecule is CCCCOc1noc2c1C(=O)[C@]1(O)C(=O)C=CCC1[C@@H]2N1CCOCC1. The van der Waals surface area contributed by atoms with Gasteiger partial charge in [0.15, 0.2) is 17.1 Å². The van der Waals surface area contributed by atoms with E-state index in [9.17, 15) is 14.7 Å². The van der Waals surface area contributed by atoms with Gasteiger partial charge in [-0.3, -0.25) is 14.5 Å². The maximum atomic E-state index is 13.2. The van der Waals surface area contributed by atoms with Gasteiger partial charge < -0.3 is 19.1 Å². The van der Waals surface area contributed by atoms with Gasteiger partial charge in [0.1, 0.15) is 5.56 Å². The number of hydrogen-bond acceptors (Lipinski definition) is 8. The van der Waals surface area contributed by atoms with Gasteiger partial charge in [-0.25, -0.2) is 0 Å². The Balaban J connectivity index is 1.79. The lowest BCUT2D eigenvalue weighted by atomic mass is 9.65. The highest BCUT2D eigenvalue weighted by Gasteiger charge is 2.61. The first-order valence-electron chi connectivity index (χ1n) is 9.51. The molecule has 1 aliphatic heterocycles. The van der Waals surface area contributed by atoms with Gasteiger partial charge in [0.2, 0.25) is 5.78 Å². The summed E-state index contributed by atoms with van der Waals surface area (Å²) in [5.41, 5.74) is -2.01. The number of unbranched alkanes of at least 4 members (excludes halogenated alkanes) is 1. The van der Waals surface area contributed by atoms with E-state index in [2.05, 4.69) is 10.1 Å². The van der Waals surface area contributed by atoms with E-state index in [-0.39, 0.29) is 11.4 Å². The van der Waals surface area contributed by atoms with Gasteiger partial charge in [-0.05, 0) is 24.1 Å². The Morgan fingerprint density at radius 2 is 2.15 bits per heavy atom. The van der Waals surface area contributed by atoms with E-state index in [4.69, 9.17) is 14.0 Å². The molecule has 1 saturated heterocycles. The number of Topliss-reactive ketones (excluding diaryl/α,β-unsaturated/α-hetero) is 1. The number of allylic oxidation sites excluding steroid dienone is 1. The summed E-state index contributed by atoms with van der Waals surface area (Å²) in [7, 11) is 0. The molecule has 2 heterocycles. The van der Waals surface area contributed by atoms with Gasteiger partial charge in [0.25, 0.3) is 5.88 Å². The van der Waals surface area contributed by atoms with Crippen molar-refractivity contribution in [2.24, 2.45) is 5.92 Å². The van der Waals surface area contributed by atoms with Crippen LogP contribution in [0.15, 0.2) is 16.7 Å². The molecule has 3 atom stereocenters. The predicted octanol–water partition coefficient (Wildman–Crippen LogP) is 1.30. The number of morpholine rings is 1. The Kier molecular flexibility index (Phi) is 4.88. The predicted molar refractivity (Wildman–Crippen MR) is 93.6 cm³/mol. The van der Waals surface area contributed by atoms with Gasteiger partial charge in [0.05, 0.1) is 25.9 Å². The number of ether oxygens (including phenoxy) is 2. The molecule has 2 aliphatic carbocycles. The van der Waals surface area contributed by atoms with Crippen LogP contribution in [0.2, 0.25) is 0 Å². The van der Waals surface area contributed by atoms with Gasteiger partial charge in [-0.2, -0.15) is 0 Å². The van der Waals surface area contributed by atoms with E-state index in [1.54, 1.807) is 6.08 Å². The van der Waals surface area contributed by atoms with Crippen LogP contribution in [0.1, 0.15) is 48.3 Å². The fourth-order valence-corrected chi connectivity index (χ4v) is 4.20. The molecule has 1 N–H and O–H groups in total. The van der Waals surface area contributed by atoms with Crippen molar-refractivity contribution in [3.63, 3.8) is 0 Å². The Morgan fingerprint density at radius 1 is 1.37 bits per heavy atom. The molecule has 0 aromatic carbocycles. The van der Waals surface area contributed by atoms with Crippen molar-refractivity contribution in [3.05, 3.63) is 23.5 Å². The van der Waals surface area contributed by atoms with Crippen molar-refractivity contribution in [1.29, 1.82) is 0 Å². The largest absolute Gasteiger partial charge is 0.475 e. The minimum Gasteiger partial charge on any atom is -0.475 e. The van der Waals surface area contributed by atoms with Crippen molar-refractivity contribution < 1.29 is 28.7 Å². The highest BCUT2D eigenvalue weighted by atomic mass is 16.5. The number of carbonyl (C=O) groups is 2. The topological polar surface area (TPSA) is 102 Å². The Hall–Kier alpha value is -2.03. The maximum absolute atomic E-state index is 13.2. The maximum Gasteiger partial charge on any atom is 0.265 e. The van der Waals surface area contributed by atoms with E-state index in [1.165, 1.54) is 6.08 Å².